The molecule has 16 heavy (non-hydrogen) atoms. The molecule has 1 saturated heterocycles. The molecule has 88 valence electrons. The molecule has 2 nitrogen and oxygen atoms in total. The highest BCUT2D eigenvalue weighted by Gasteiger charge is 2.22. The van der Waals surface area contributed by atoms with Crippen LogP contribution >= 0.6 is 0 Å². The van der Waals surface area contributed by atoms with Gasteiger partial charge >= 0.3 is 0 Å². The second kappa shape index (κ2) is 5.46. The highest BCUT2D eigenvalue weighted by molar-refractivity contribution is 5.19. The van der Waals surface area contributed by atoms with Crippen molar-refractivity contribution in [2.75, 3.05) is 26.7 Å². The van der Waals surface area contributed by atoms with Gasteiger partial charge in [-0.25, -0.2) is 0 Å². The van der Waals surface area contributed by atoms with Crippen LogP contribution in [-0.2, 0) is 0 Å². The molecule has 2 heteroatoms. The van der Waals surface area contributed by atoms with E-state index in [2.05, 4.69) is 54.5 Å². The van der Waals surface area contributed by atoms with Crippen LogP contribution in [0.1, 0.15) is 24.8 Å². The lowest BCUT2D eigenvalue weighted by Gasteiger charge is -2.21. The second-order valence-corrected chi connectivity index (χ2v) is 4.85. The van der Waals surface area contributed by atoms with E-state index in [-0.39, 0.29) is 0 Å². The molecule has 0 aliphatic carbocycles. The van der Waals surface area contributed by atoms with E-state index in [1.807, 2.05) is 0 Å². The highest BCUT2D eigenvalue weighted by Crippen LogP contribution is 2.18. The van der Waals surface area contributed by atoms with Crippen LogP contribution in [0, 0.1) is 0 Å². The lowest BCUT2D eigenvalue weighted by Crippen LogP contribution is -2.31. The van der Waals surface area contributed by atoms with Crippen molar-refractivity contribution < 1.29 is 0 Å². The summed E-state index contributed by atoms with van der Waals surface area (Å²) in [6.07, 6.45) is 1.29. The smallest absolute Gasteiger partial charge is 0.0204 e. The first-order valence-electron chi connectivity index (χ1n) is 6.24. The van der Waals surface area contributed by atoms with Gasteiger partial charge in [-0.15, -0.1) is 0 Å². The number of nitrogens with one attached hydrogen (secondary N) is 1. The predicted molar refractivity (Wildman–Crippen MR) is 68.8 cm³/mol. The number of nitrogens with zero attached hydrogens (tertiary/aromatic N) is 1. The van der Waals surface area contributed by atoms with Gasteiger partial charge < -0.3 is 10.2 Å². The van der Waals surface area contributed by atoms with E-state index in [1.54, 1.807) is 0 Å². The molecule has 0 amide bonds. The quantitative estimate of drug-likeness (QED) is 0.832. The Hall–Kier alpha value is -0.860. The van der Waals surface area contributed by atoms with Gasteiger partial charge in [0, 0.05) is 19.1 Å². The summed E-state index contributed by atoms with van der Waals surface area (Å²) in [4.78, 5) is 2.57. The summed E-state index contributed by atoms with van der Waals surface area (Å²) < 4.78 is 0. The molecule has 2 unspecified atom stereocenters. The first-order valence-corrected chi connectivity index (χ1v) is 6.24. The molecule has 0 spiro atoms. The molecule has 2 atom stereocenters. The van der Waals surface area contributed by atoms with Crippen LogP contribution in [0.4, 0.5) is 0 Å². The average Bonchev–Trinajstić information content (AvgIpc) is 2.78. The van der Waals surface area contributed by atoms with Gasteiger partial charge in [0.25, 0.3) is 0 Å². The topological polar surface area (TPSA) is 15.3 Å². The molecule has 1 aromatic rings. The Balaban J connectivity index is 1.86. The zero-order chi connectivity index (χ0) is 11.4. The van der Waals surface area contributed by atoms with Crippen molar-refractivity contribution >= 4 is 0 Å². The first-order chi connectivity index (χ1) is 7.79. The van der Waals surface area contributed by atoms with Gasteiger partial charge in [0.1, 0.15) is 0 Å². The molecule has 1 fully saturated rings. The summed E-state index contributed by atoms with van der Waals surface area (Å²) >= 11 is 0. The van der Waals surface area contributed by atoms with E-state index in [0.717, 1.165) is 0 Å². The maximum atomic E-state index is 3.37. The van der Waals surface area contributed by atoms with Crippen LogP contribution in [0.3, 0.4) is 0 Å². The van der Waals surface area contributed by atoms with E-state index in [9.17, 15) is 0 Å². The Morgan fingerprint density at radius 2 is 2.12 bits per heavy atom. The summed E-state index contributed by atoms with van der Waals surface area (Å²) in [6, 6.07) is 11.5. The molecular formula is C14H22N2. The fourth-order valence-corrected chi connectivity index (χ4v) is 2.51. The van der Waals surface area contributed by atoms with E-state index >= 15 is 0 Å². The lowest BCUT2D eigenvalue weighted by atomic mass is 10.0. The highest BCUT2D eigenvalue weighted by atomic mass is 15.2. The number of likely N-dealkylation sites (N-methyl/N-ethyl adjacent to an activating group) is 1. The maximum absolute atomic E-state index is 3.37. The number of likely N-dealkylation sites (tertiary alicyclic amines) is 1. The molecule has 1 aliphatic heterocycles. The van der Waals surface area contributed by atoms with E-state index in [1.165, 1.54) is 31.6 Å². The van der Waals surface area contributed by atoms with Crippen LogP contribution in [0.2, 0.25) is 0 Å². The third-order valence-electron chi connectivity index (χ3n) is 3.58. The van der Waals surface area contributed by atoms with Crippen LogP contribution in [0.25, 0.3) is 0 Å². The molecule has 1 aliphatic rings. The van der Waals surface area contributed by atoms with Crippen molar-refractivity contribution in [1.82, 2.24) is 10.2 Å². The van der Waals surface area contributed by atoms with E-state index in [4.69, 9.17) is 0 Å². The van der Waals surface area contributed by atoms with Crippen LogP contribution in [0.15, 0.2) is 30.3 Å². The van der Waals surface area contributed by atoms with E-state index < -0.39 is 0 Å². The van der Waals surface area contributed by atoms with Crippen molar-refractivity contribution in [2.24, 2.45) is 0 Å². The number of hydrogen-bond acceptors (Lipinski definition) is 2. The van der Waals surface area contributed by atoms with Gasteiger partial charge in [0.2, 0.25) is 0 Å². The number of benzene rings is 1. The molecule has 1 aromatic carbocycles. The fraction of sp³-hybridized carbons (Fsp3) is 0.571. The van der Waals surface area contributed by atoms with Crippen molar-refractivity contribution in [2.45, 2.75) is 25.3 Å². The third kappa shape index (κ3) is 2.83. The maximum Gasteiger partial charge on any atom is 0.0204 e. The molecule has 0 bridgehead atoms. The average molecular weight is 218 g/mol. The monoisotopic (exact) mass is 218 g/mol. The second-order valence-electron chi connectivity index (χ2n) is 4.85. The molecule has 2 rings (SSSR count). The summed E-state index contributed by atoms with van der Waals surface area (Å²) in [7, 11) is 2.06. The molecule has 1 heterocycles. The van der Waals surface area contributed by atoms with Gasteiger partial charge in [-0.1, -0.05) is 37.3 Å². The first kappa shape index (κ1) is 11.6. The van der Waals surface area contributed by atoms with Crippen LogP contribution in [0.5, 0.6) is 0 Å². The summed E-state index contributed by atoms with van der Waals surface area (Å²) in [5.74, 6) is 0.636. The Morgan fingerprint density at radius 1 is 1.38 bits per heavy atom. The van der Waals surface area contributed by atoms with Gasteiger partial charge in [-0.3, -0.25) is 0 Å². The minimum Gasteiger partial charge on any atom is -0.316 e. The molecular weight excluding hydrogens is 196 g/mol. The third-order valence-corrected chi connectivity index (χ3v) is 3.58. The number of rotatable bonds is 4. The summed E-state index contributed by atoms with van der Waals surface area (Å²) in [5.41, 5.74) is 1.45. The Kier molecular flexibility index (Phi) is 3.97. The van der Waals surface area contributed by atoms with Gasteiger partial charge in [-0.05, 0) is 31.5 Å². The zero-order valence-electron chi connectivity index (χ0n) is 10.3. The normalized spacial score (nSPS) is 23.5. The molecule has 0 radical (unpaired) electrons. The summed E-state index contributed by atoms with van der Waals surface area (Å²) in [5, 5.41) is 3.37. The molecule has 0 aromatic heterocycles. The van der Waals surface area contributed by atoms with Gasteiger partial charge in [-0.2, -0.15) is 0 Å². The minimum atomic E-state index is 0.636. The van der Waals surface area contributed by atoms with Gasteiger partial charge in [0.05, 0.1) is 0 Å². The number of hydrogen-bond donors (Lipinski definition) is 1. The fourth-order valence-electron chi connectivity index (χ4n) is 2.51. The largest absolute Gasteiger partial charge is 0.316 e. The zero-order valence-corrected chi connectivity index (χ0v) is 10.3. The van der Waals surface area contributed by atoms with Crippen LogP contribution in [-0.4, -0.2) is 37.6 Å². The van der Waals surface area contributed by atoms with Crippen molar-refractivity contribution in [3.05, 3.63) is 35.9 Å². The lowest BCUT2D eigenvalue weighted by molar-refractivity contribution is 0.313. The SMILES string of the molecule is CNC1CCN(CC(C)c2ccccc2)C1. The standard InChI is InChI=1S/C14H22N2/c1-12(13-6-4-3-5-7-13)10-16-9-8-14(11-16)15-2/h3-7,12,14-15H,8-11H2,1-2H3. The van der Waals surface area contributed by atoms with Crippen molar-refractivity contribution in [1.29, 1.82) is 0 Å². The Labute approximate surface area is 98.7 Å². The summed E-state index contributed by atoms with van der Waals surface area (Å²) in [6.45, 7) is 5.95. The Morgan fingerprint density at radius 3 is 2.75 bits per heavy atom. The van der Waals surface area contributed by atoms with Crippen LogP contribution < -0.4 is 5.32 Å². The van der Waals surface area contributed by atoms with Crippen molar-refractivity contribution in [3.63, 3.8) is 0 Å². The van der Waals surface area contributed by atoms with E-state index in [0.29, 0.717) is 12.0 Å². The minimum absolute atomic E-state index is 0.636. The van der Waals surface area contributed by atoms with Gasteiger partial charge in [0.15, 0.2) is 0 Å². The predicted octanol–water partition coefficient (Wildman–Crippen LogP) is 2.08. The molecule has 1 N–H and O–H groups in total. The Bertz CT molecular complexity index is 310. The molecule has 0 saturated carbocycles. The van der Waals surface area contributed by atoms with Crippen molar-refractivity contribution in [3.8, 4) is 0 Å².